The van der Waals surface area contributed by atoms with Crippen molar-refractivity contribution in [1.82, 2.24) is 0 Å². The van der Waals surface area contributed by atoms with Crippen molar-refractivity contribution in [1.29, 1.82) is 0 Å². The molecule has 2 rings (SSSR count). The minimum absolute atomic E-state index is 0.207. The van der Waals surface area contributed by atoms with Gasteiger partial charge in [0.2, 0.25) is 0 Å². The maximum atomic E-state index is 11.9. The first-order chi connectivity index (χ1) is 9.52. The lowest BCUT2D eigenvalue weighted by Gasteiger charge is -2.12. The lowest BCUT2D eigenvalue weighted by atomic mass is 9.95. The van der Waals surface area contributed by atoms with Gasteiger partial charge in [0.1, 0.15) is 18.1 Å². The highest BCUT2D eigenvalue weighted by Crippen LogP contribution is 2.19. The first kappa shape index (κ1) is 13.9. The molecule has 1 aliphatic carbocycles. The molecule has 0 bridgehead atoms. The van der Waals surface area contributed by atoms with Crippen molar-refractivity contribution in [2.75, 3.05) is 6.61 Å². The molecule has 1 aromatic rings. The van der Waals surface area contributed by atoms with Crippen LogP contribution in [0, 0.1) is 11.8 Å². The molecule has 0 unspecified atom stereocenters. The molecule has 1 heterocycles. The van der Waals surface area contributed by atoms with Gasteiger partial charge in [-0.05, 0) is 30.2 Å². The third kappa shape index (κ3) is 2.73. The van der Waals surface area contributed by atoms with Gasteiger partial charge < -0.3 is 14.6 Å². The fraction of sp³-hybridized carbons (Fsp3) is 0.188. The molecule has 2 N–H and O–H groups in total. The van der Waals surface area contributed by atoms with E-state index in [9.17, 15) is 9.90 Å². The molecule has 4 heteroatoms. The summed E-state index contributed by atoms with van der Waals surface area (Å²) in [6.07, 6.45) is 4.27. The van der Waals surface area contributed by atoms with Crippen molar-refractivity contribution >= 4 is 18.7 Å². The summed E-state index contributed by atoms with van der Waals surface area (Å²) in [6, 6.07) is 0. The summed E-state index contributed by atoms with van der Waals surface area (Å²) in [5, 5.41) is 18.6. The van der Waals surface area contributed by atoms with Crippen LogP contribution in [0.5, 0.6) is 0 Å². The van der Waals surface area contributed by atoms with Crippen LogP contribution >= 0.6 is 0 Å². The largest absolute Gasteiger partial charge is 0.509 e. The molecule has 20 heavy (non-hydrogen) atoms. The lowest BCUT2D eigenvalue weighted by molar-refractivity contribution is 0.350. The quantitative estimate of drug-likeness (QED) is 0.566. The van der Waals surface area contributed by atoms with E-state index in [-0.39, 0.29) is 17.6 Å². The van der Waals surface area contributed by atoms with Crippen molar-refractivity contribution in [3.8, 4) is 11.8 Å². The molecule has 0 radical (unpaired) electrons. The van der Waals surface area contributed by atoms with Crippen molar-refractivity contribution in [2.45, 2.75) is 12.8 Å². The highest BCUT2D eigenvalue weighted by atomic mass is 16.4. The Hall–Kier alpha value is -2.51. The van der Waals surface area contributed by atoms with Gasteiger partial charge in [-0.3, -0.25) is 0 Å². The van der Waals surface area contributed by atoms with Crippen LogP contribution in [0.15, 0.2) is 27.1 Å². The number of rotatable bonds is 1. The van der Waals surface area contributed by atoms with Crippen LogP contribution in [-0.2, 0) is 6.42 Å². The lowest BCUT2D eigenvalue weighted by Crippen LogP contribution is -2.41. The molecule has 0 atom stereocenters. The first-order valence-corrected chi connectivity index (χ1v) is 6.07. The highest BCUT2D eigenvalue weighted by Gasteiger charge is 2.14. The summed E-state index contributed by atoms with van der Waals surface area (Å²) in [5.74, 6) is 5.60. The van der Waals surface area contributed by atoms with Crippen molar-refractivity contribution in [3.63, 3.8) is 0 Å². The molecule has 102 valence electrons. The minimum Gasteiger partial charge on any atom is -0.509 e. The summed E-state index contributed by atoms with van der Waals surface area (Å²) < 4.78 is 5.24. The van der Waals surface area contributed by atoms with E-state index in [1.165, 1.54) is 6.08 Å². The van der Waals surface area contributed by atoms with E-state index in [2.05, 4.69) is 25.0 Å². The molecular weight excluding hydrogens is 256 g/mol. The van der Waals surface area contributed by atoms with Crippen LogP contribution in [-0.4, -0.2) is 16.8 Å². The van der Waals surface area contributed by atoms with Crippen LogP contribution < -0.4 is 16.1 Å². The van der Waals surface area contributed by atoms with E-state index >= 15 is 0 Å². The molecular formula is C16H14O4. The van der Waals surface area contributed by atoms with E-state index in [0.717, 1.165) is 11.1 Å². The minimum atomic E-state index is -0.573. The molecule has 0 aliphatic heterocycles. The second-order valence-electron chi connectivity index (χ2n) is 4.39. The zero-order chi connectivity index (χ0) is 14.7. The van der Waals surface area contributed by atoms with Crippen molar-refractivity contribution in [2.24, 2.45) is 0 Å². The van der Waals surface area contributed by atoms with E-state index in [4.69, 9.17) is 9.52 Å². The fourth-order valence-corrected chi connectivity index (χ4v) is 2.10. The summed E-state index contributed by atoms with van der Waals surface area (Å²) in [4.78, 5) is 11.9. The Balaban J connectivity index is 2.65. The number of fused-ring (bicyclic) bond motifs is 1. The average Bonchev–Trinajstić information content (AvgIpc) is 2.40. The third-order valence-corrected chi connectivity index (χ3v) is 3.00. The maximum Gasteiger partial charge on any atom is 0.344 e. The zero-order valence-electron chi connectivity index (χ0n) is 10.9. The van der Waals surface area contributed by atoms with Gasteiger partial charge in [0, 0.05) is 11.1 Å². The third-order valence-electron chi connectivity index (χ3n) is 3.00. The van der Waals surface area contributed by atoms with Gasteiger partial charge in [-0.25, -0.2) is 4.79 Å². The van der Waals surface area contributed by atoms with E-state index in [1.54, 1.807) is 6.08 Å². The van der Waals surface area contributed by atoms with Gasteiger partial charge >= 0.3 is 5.63 Å². The van der Waals surface area contributed by atoms with E-state index in [1.807, 2.05) is 0 Å². The van der Waals surface area contributed by atoms with Crippen LogP contribution in [0.25, 0.3) is 18.7 Å². The molecule has 0 spiro atoms. The number of hydrogen-bond donors (Lipinski definition) is 2. The molecule has 0 saturated heterocycles. The fourth-order valence-electron chi connectivity index (χ4n) is 2.10. The number of aliphatic hydroxyl groups excluding tert-OH is 2. The van der Waals surface area contributed by atoms with Gasteiger partial charge in [0.15, 0.2) is 0 Å². The van der Waals surface area contributed by atoms with Gasteiger partial charge in [-0.15, -0.1) is 0 Å². The Morgan fingerprint density at radius 1 is 1.50 bits per heavy atom. The molecule has 0 saturated carbocycles. The molecule has 1 aromatic heterocycles. The molecule has 4 nitrogen and oxygen atoms in total. The van der Waals surface area contributed by atoms with Gasteiger partial charge in [0.25, 0.3) is 0 Å². The standard InChI is InChI=1S/C16H14O4/c1-10(18)8-14-11(2)13-6-5-12(4-3-7-17)9-15(13)20-16(14)19/h8-9,17-18H,1-2,5-7H2/b14-8+. The molecule has 0 fully saturated rings. The molecule has 0 amide bonds. The predicted octanol–water partition coefficient (Wildman–Crippen LogP) is 0.228. The smallest absolute Gasteiger partial charge is 0.344 e. The van der Waals surface area contributed by atoms with Crippen LogP contribution in [0.2, 0.25) is 0 Å². The summed E-state index contributed by atoms with van der Waals surface area (Å²) in [7, 11) is 0. The maximum absolute atomic E-state index is 11.9. The predicted molar refractivity (Wildman–Crippen MR) is 77.1 cm³/mol. The summed E-state index contributed by atoms with van der Waals surface area (Å²) in [6.45, 7) is 7.01. The number of hydrogen-bond acceptors (Lipinski definition) is 4. The normalized spacial score (nSPS) is 14.1. The van der Waals surface area contributed by atoms with E-state index in [0.29, 0.717) is 23.8 Å². The van der Waals surface area contributed by atoms with Gasteiger partial charge in [-0.2, -0.15) is 0 Å². The second kappa shape index (κ2) is 5.64. The van der Waals surface area contributed by atoms with Gasteiger partial charge in [0.05, 0.1) is 5.22 Å². The SMILES string of the molecule is C=C(O)/C=c1/c(=O)oc2c(c1=C)CCC(C#CCO)=C2. The Labute approximate surface area is 115 Å². The van der Waals surface area contributed by atoms with Crippen LogP contribution in [0.1, 0.15) is 17.7 Å². The Bertz CT molecular complexity index is 813. The first-order valence-electron chi connectivity index (χ1n) is 6.07. The topological polar surface area (TPSA) is 70.7 Å². The van der Waals surface area contributed by atoms with Crippen molar-refractivity contribution in [3.05, 3.63) is 50.1 Å². The second-order valence-corrected chi connectivity index (χ2v) is 4.39. The Morgan fingerprint density at radius 2 is 2.25 bits per heavy atom. The molecule has 1 aliphatic rings. The summed E-state index contributed by atoms with van der Waals surface area (Å²) in [5.41, 5.74) is 1.06. The monoisotopic (exact) mass is 270 g/mol. The average molecular weight is 270 g/mol. The van der Waals surface area contributed by atoms with Gasteiger partial charge in [-0.1, -0.05) is 25.0 Å². The summed E-state index contributed by atoms with van der Waals surface area (Å²) >= 11 is 0. The number of aliphatic hydroxyl groups is 2. The Kier molecular flexibility index (Phi) is 3.92. The molecule has 0 aromatic carbocycles. The van der Waals surface area contributed by atoms with Crippen LogP contribution in [0.3, 0.4) is 0 Å². The zero-order valence-corrected chi connectivity index (χ0v) is 10.9. The highest BCUT2D eigenvalue weighted by molar-refractivity contribution is 5.60. The van der Waals surface area contributed by atoms with E-state index < -0.39 is 5.63 Å². The number of allylic oxidation sites excluding steroid dienone is 2. The van der Waals surface area contributed by atoms with Crippen molar-refractivity contribution < 1.29 is 14.6 Å². The Morgan fingerprint density at radius 3 is 2.90 bits per heavy atom. The van der Waals surface area contributed by atoms with Crippen LogP contribution in [0.4, 0.5) is 0 Å².